The van der Waals surface area contributed by atoms with E-state index in [0.717, 1.165) is 23.8 Å². The van der Waals surface area contributed by atoms with Crippen LogP contribution >= 0.6 is 0 Å². The summed E-state index contributed by atoms with van der Waals surface area (Å²) in [7, 11) is 0. The van der Waals surface area contributed by atoms with Gasteiger partial charge in [0.25, 0.3) is 5.69 Å². The number of nitro groups is 1. The molecule has 7 atom stereocenters. The summed E-state index contributed by atoms with van der Waals surface area (Å²) in [6.45, 7) is 0. The number of nitrogens with zero attached hydrogens (tertiary/aromatic N) is 1. The van der Waals surface area contributed by atoms with Crippen LogP contribution in [0.2, 0.25) is 0 Å². The monoisotopic (exact) mass is 301 g/mol. The van der Waals surface area contributed by atoms with Gasteiger partial charge in [-0.3, -0.25) is 10.1 Å². The number of non-ortho nitro benzene ring substituents is 1. The summed E-state index contributed by atoms with van der Waals surface area (Å²) in [5, 5.41) is 10.8. The van der Waals surface area contributed by atoms with Gasteiger partial charge in [-0.2, -0.15) is 0 Å². The summed E-state index contributed by atoms with van der Waals surface area (Å²) in [6.07, 6.45) is 5.52. The second-order valence-electron chi connectivity index (χ2n) is 7.19. The first-order chi connectivity index (χ1) is 10.7. The summed E-state index contributed by atoms with van der Waals surface area (Å²) in [5.74, 6) is 2.93. The molecule has 4 aliphatic rings. The smallest absolute Gasteiger partial charge is 0.269 e. The highest BCUT2D eigenvalue weighted by Crippen LogP contribution is 2.63. The van der Waals surface area contributed by atoms with Crippen LogP contribution in [0.3, 0.4) is 0 Å². The molecule has 1 aromatic carbocycles. The summed E-state index contributed by atoms with van der Waals surface area (Å²) >= 11 is 0. The highest BCUT2D eigenvalue weighted by molar-refractivity contribution is 5.33. The van der Waals surface area contributed by atoms with Gasteiger partial charge in [-0.1, -0.05) is 6.42 Å². The normalized spacial score (nSPS) is 45.0. The highest BCUT2D eigenvalue weighted by atomic mass is 16.7. The predicted octanol–water partition coefficient (Wildman–Crippen LogP) is 3.44. The molecule has 1 aromatic rings. The molecule has 1 heterocycles. The van der Waals surface area contributed by atoms with Gasteiger partial charge >= 0.3 is 0 Å². The first-order valence-corrected chi connectivity index (χ1v) is 8.27. The van der Waals surface area contributed by atoms with Crippen LogP contribution in [0.5, 0.6) is 0 Å². The van der Waals surface area contributed by atoms with Crippen molar-refractivity contribution in [2.45, 2.75) is 44.2 Å². The minimum atomic E-state index is -0.378. The Morgan fingerprint density at radius 1 is 1.05 bits per heavy atom. The maximum atomic E-state index is 10.8. The Morgan fingerprint density at radius 3 is 2.59 bits per heavy atom. The number of fused-ring (bicyclic) bond motifs is 2. The van der Waals surface area contributed by atoms with Crippen LogP contribution in [-0.4, -0.2) is 17.1 Å². The zero-order chi connectivity index (χ0) is 14.8. The Morgan fingerprint density at radius 2 is 1.82 bits per heavy atom. The van der Waals surface area contributed by atoms with Crippen molar-refractivity contribution in [3.63, 3.8) is 0 Å². The second-order valence-corrected chi connectivity index (χ2v) is 7.19. The third-order valence-electron chi connectivity index (χ3n) is 6.36. The number of benzene rings is 1. The Bertz CT molecular complexity index is 616. The van der Waals surface area contributed by atoms with E-state index in [9.17, 15) is 10.1 Å². The largest absolute Gasteiger partial charge is 0.345 e. The molecule has 0 N–H and O–H groups in total. The third-order valence-corrected chi connectivity index (χ3v) is 6.36. The first kappa shape index (κ1) is 13.0. The molecule has 0 unspecified atom stereocenters. The van der Waals surface area contributed by atoms with Crippen molar-refractivity contribution < 1.29 is 14.4 Å². The van der Waals surface area contributed by atoms with Crippen molar-refractivity contribution in [1.29, 1.82) is 0 Å². The van der Waals surface area contributed by atoms with Crippen LogP contribution < -0.4 is 0 Å². The third kappa shape index (κ3) is 1.66. The molecule has 4 bridgehead atoms. The molecule has 4 fully saturated rings. The van der Waals surface area contributed by atoms with Gasteiger partial charge in [-0.05, 0) is 49.1 Å². The fraction of sp³-hybridized carbons (Fsp3) is 0.647. The molecule has 0 spiro atoms. The molecular weight excluding hydrogens is 282 g/mol. The van der Waals surface area contributed by atoms with Crippen LogP contribution in [0.1, 0.15) is 37.5 Å². The topological polar surface area (TPSA) is 61.6 Å². The van der Waals surface area contributed by atoms with Gasteiger partial charge in [0, 0.05) is 23.6 Å². The summed E-state index contributed by atoms with van der Waals surface area (Å²) < 4.78 is 12.5. The Labute approximate surface area is 128 Å². The first-order valence-electron chi connectivity index (χ1n) is 8.27. The van der Waals surface area contributed by atoms with Gasteiger partial charge in [0.1, 0.15) is 0 Å². The van der Waals surface area contributed by atoms with Crippen LogP contribution in [0.25, 0.3) is 0 Å². The van der Waals surface area contributed by atoms with E-state index >= 15 is 0 Å². The van der Waals surface area contributed by atoms with Crippen molar-refractivity contribution in [3.05, 3.63) is 39.9 Å². The predicted molar refractivity (Wildman–Crippen MR) is 78.0 cm³/mol. The molecule has 0 amide bonds. The van der Waals surface area contributed by atoms with E-state index in [2.05, 4.69) is 0 Å². The quantitative estimate of drug-likeness (QED) is 0.620. The number of ether oxygens (including phenoxy) is 2. The average Bonchev–Trinajstić information content (AvgIpc) is 3.16. The van der Waals surface area contributed by atoms with E-state index in [1.54, 1.807) is 12.1 Å². The molecule has 5 heteroatoms. The lowest BCUT2D eigenvalue weighted by atomic mass is 9.80. The molecule has 5 rings (SSSR count). The molecule has 3 saturated carbocycles. The SMILES string of the molecule is O=[N+]([O-])c1ccc([C@@H]2O[C@@H]3[C@@H]4C[C@H](O2)[C@@H]3[C@H]2CCC[C@@H]42)cc1. The van der Waals surface area contributed by atoms with Gasteiger partial charge in [-0.15, -0.1) is 0 Å². The standard InChI is InChI=1S/C17H19NO4/c19-18(20)10-6-4-9(5-7-10)17-21-14-8-13-11-2-1-3-12(11)15(14)16(13)22-17/h4-7,11-17H,1-3,8H2/t11-,12+,13-,14+,15+,16-,17+/m1/s1. The molecular formula is C17H19NO4. The Kier molecular flexibility index (Phi) is 2.68. The van der Waals surface area contributed by atoms with Crippen molar-refractivity contribution in [1.82, 2.24) is 0 Å². The van der Waals surface area contributed by atoms with Crippen LogP contribution in [-0.2, 0) is 9.47 Å². The van der Waals surface area contributed by atoms with Crippen LogP contribution in [0.15, 0.2) is 24.3 Å². The summed E-state index contributed by atoms with van der Waals surface area (Å²) in [5.41, 5.74) is 1.00. The Hall–Kier alpha value is -1.46. The van der Waals surface area contributed by atoms with Gasteiger partial charge in [0.05, 0.1) is 17.1 Å². The number of nitro benzene ring substituents is 1. The van der Waals surface area contributed by atoms with Crippen molar-refractivity contribution in [2.75, 3.05) is 0 Å². The zero-order valence-corrected chi connectivity index (χ0v) is 12.3. The molecule has 1 saturated heterocycles. The summed E-state index contributed by atoms with van der Waals surface area (Å²) in [4.78, 5) is 10.4. The number of hydrogen-bond acceptors (Lipinski definition) is 4. The lowest BCUT2D eigenvalue weighted by molar-refractivity contribution is -0.384. The van der Waals surface area contributed by atoms with Gasteiger partial charge in [-0.25, -0.2) is 0 Å². The van der Waals surface area contributed by atoms with Gasteiger partial charge in [0.2, 0.25) is 0 Å². The maximum absolute atomic E-state index is 10.8. The Balaban J connectivity index is 1.39. The molecule has 1 aliphatic heterocycles. The molecule has 5 nitrogen and oxygen atoms in total. The van der Waals surface area contributed by atoms with Crippen molar-refractivity contribution >= 4 is 5.69 Å². The molecule has 116 valence electrons. The molecule has 3 aliphatic carbocycles. The van der Waals surface area contributed by atoms with Gasteiger partial charge < -0.3 is 9.47 Å². The maximum Gasteiger partial charge on any atom is 0.269 e. The van der Waals surface area contributed by atoms with E-state index in [0.29, 0.717) is 24.0 Å². The lowest BCUT2D eigenvalue weighted by Crippen LogP contribution is -2.38. The number of hydrogen-bond donors (Lipinski definition) is 0. The second kappa shape index (κ2) is 4.52. The molecule has 22 heavy (non-hydrogen) atoms. The fourth-order valence-electron chi connectivity index (χ4n) is 5.60. The molecule has 0 radical (unpaired) electrons. The lowest BCUT2D eigenvalue weighted by Gasteiger charge is -2.37. The zero-order valence-electron chi connectivity index (χ0n) is 12.3. The summed E-state index contributed by atoms with van der Waals surface area (Å²) in [6, 6.07) is 6.58. The minimum absolute atomic E-state index is 0.108. The van der Waals surface area contributed by atoms with Crippen LogP contribution in [0.4, 0.5) is 5.69 Å². The fourth-order valence-corrected chi connectivity index (χ4v) is 5.60. The van der Waals surface area contributed by atoms with E-state index in [1.807, 2.05) is 0 Å². The van der Waals surface area contributed by atoms with Crippen molar-refractivity contribution in [3.8, 4) is 0 Å². The minimum Gasteiger partial charge on any atom is -0.345 e. The number of rotatable bonds is 2. The molecule has 0 aromatic heterocycles. The highest BCUT2D eigenvalue weighted by Gasteiger charge is 2.63. The van der Waals surface area contributed by atoms with Gasteiger partial charge in [0.15, 0.2) is 6.29 Å². The van der Waals surface area contributed by atoms with Crippen molar-refractivity contribution in [2.24, 2.45) is 23.7 Å². The van der Waals surface area contributed by atoms with E-state index in [1.165, 1.54) is 31.4 Å². The van der Waals surface area contributed by atoms with E-state index in [-0.39, 0.29) is 16.9 Å². The van der Waals surface area contributed by atoms with E-state index in [4.69, 9.17) is 9.47 Å². The van der Waals surface area contributed by atoms with E-state index < -0.39 is 0 Å². The average molecular weight is 301 g/mol. The van der Waals surface area contributed by atoms with Crippen LogP contribution in [0, 0.1) is 33.8 Å².